The Kier molecular flexibility index (Phi) is 5.24. The first-order valence-corrected chi connectivity index (χ1v) is 7.71. The Bertz CT molecular complexity index is 781. The van der Waals surface area contributed by atoms with E-state index in [1.165, 1.54) is 12.1 Å². The summed E-state index contributed by atoms with van der Waals surface area (Å²) in [5.41, 5.74) is 2.87. The third-order valence-electron chi connectivity index (χ3n) is 3.69. The molecule has 0 radical (unpaired) electrons. The normalized spacial score (nSPS) is 10.5. The molecular formula is C19H21NO4. The lowest BCUT2D eigenvalue weighted by atomic mass is 10.0. The van der Waals surface area contributed by atoms with E-state index in [9.17, 15) is 9.59 Å². The Labute approximate surface area is 141 Å². The number of benzene rings is 2. The molecular weight excluding hydrogens is 306 g/mol. The highest BCUT2D eigenvalue weighted by atomic mass is 16.5. The molecule has 0 saturated carbocycles. The Morgan fingerprint density at radius 1 is 1.12 bits per heavy atom. The van der Waals surface area contributed by atoms with Gasteiger partial charge in [-0.2, -0.15) is 0 Å². The van der Waals surface area contributed by atoms with Crippen LogP contribution in [0.4, 0.5) is 5.69 Å². The molecule has 5 heteroatoms. The van der Waals surface area contributed by atoms with Gasteiger partial charge < -0.3 is 15.2 Å². The number of carbonyl (C=O) groups excluding carboxylic acids is 1. The summed E-state index contributed by atoms with van der Waals surface area (Å²) < 4.78 is 5.66. The fraction of sp³-hybridized carbons (Fsp3) is 0.263. The molecule has 5 nitrogen and oxygen atoms in total. The number of nitrogens with one attached hydrogen (secondary N) is 1. The molecule has 0 saturated heterocycles. The number of hydrogen-bond donors (Lipinski definition) is 2. The Morgan fingerprint density at radius 2 is 1.83 bits per heavy atom. The van der Waals surface area contributed by atoms with Crippen molar-refractivity contribution in [3.05, 3.63) is 58.7 Å². The summed E-state index contributed by atoms with van der Waals surface area (Å²) in [7, 11) is 0. The lowest BCUT2D eigenvalue weighted by molar-refractivity contribution is 0.0696. The second-order valence-electron chi connectivity index (χ2n) is 5.88. The number of aryl methyl sites for hydroxylation is 1. The van der Waals surface area contributed by atoms with Crippen molar-refractivity contribution in [3.63, 3.8) is 0 Å². The van der Waals surface area contributed by atoms with Crippen LogP contribution in [0.15, 0.2) is 36.4 Å². The van der Waals surface area contributed by atoms with E-state index < -0.39 is 5.97 Å². The number of carbonyl (C=O) groups is 2. The number of carboxylic acids is 1. The minimum absolute atomic E-state index is 0.0855. The van der Waals surface area contributed by atoms with Crippen LogP contribution in [0, 0.1) is 13.8 Å². The number of rotatable bonds is 5. The summed E-state index contributed by atoms with van der Waals surface area (Å²) in [5, 5.41) is 11.9. The van der Waals surface area contributed by atoms with Gasteiger partial charge in [-0.25, -0.2) is 4.79 Å². The molecule has 2 aromatic rings. The van der Waals surface area contributed by atoms with Gasteiger partial charge in [0.1, 0.15) is 5.75 Å². The maximum Gasteiger partial charge on any atom is 0.335 e. The Morgan fingerprint density at radius 3 is 2.46 bits per heavy atom. The highest BCUT2D eigenvalue weighted by Crippen LogP contribution is 2.28. The molecule has 0 aliphatic rings. The molecule has 0 atom stereocenters. The summed E-state index contributed by atoms with van der Waals surface area (Å²) in [5.74, 6) is -0.922. The predicted octanol–water partition coefficient (Wildman–Crippen LogP) is 4.04. The van der Waals surface area contributed by atoms with Crippen LogP contribution >= 0.6 is 0 Å². The number of carboxylic acid groups (broad SMARTS) is 1. The smallest absolute Gasteiger partial charge is 0.335 e. The topological polar surface area (TPSA) is 75.6 Å². The largest absolute Gasteiger partial charge is 0.489 e. The average molecular weight is 327 g/mol. The number of ether oxygens (including phenoxy) is 1. The first-order chi connectivity index (χ1) is 11.3. The van der Waals surface area contributed by atoms with E-state index in [0.29, 0.717) is 17.0 Å². The quantitative estimate of drug-likeness (QED) is 0.869. The van der Waals surface area contributed by atoms with Crippen LogP contribution < -0.4 is 10.1 Å². The molecule has 126 valence electrons. The van der Waals surface area contributed by atoms with Crippen LogP contribution in [0.5, 0.6) is 5.75 Å². The zero-order chi connectivity index (χ0) is 17.9. The zero-order valence-corrected chi connectivity index (χ0v) is 14.2. The second kappa shape index (κ2) is 7.17. The van der Waals surface area contributed by atoms with Gasteiger partial charge in [-0.15, -0.1) is 0 Å². The van der Waals surface area contributed by atoms with Gasteiger partial charge in [0.25, 0.3) is 5.91 Å². The standard InChI is InChI=1S/C19H21NO4/c1-11(2)24-17-9-8-14(19(22)23)10-16(17)20-18(21)15-7-5-6-12(3)13(15)4/h5-11H,1-4H3,(H,20,21)(H,22,23). The molecule has 2 N–H and O–H groups in total. The third-order valence-corrected chi connectivity index (χ3v) is 3.69. The van der Waals surface area contributed by atoms with Crippen LogP contribution in [0.25, 0.3) is 0 Å². The number of amides is 1. The summed E-state index contributed by atoms with van der Waals surface area (Å²) in [6.07, 6.45) is -0.1000. The maximum absolute atomic E-state index is 12.6. The van der Waals surface area contributed by atoms with Gasteiger partial charge in [0.15, 0.2) is 0 Å². The van der Waals surface area contributed by atoms with E-state index in [4.69, 9.17) is 9.84 Å². The highest BCUT2D eigenvalue weighted by Gasteiger charge is 2.16. The van der Waals surface area contributed by atoms with Gasteiger partial charge in [0.2, 0.25) is 0 Å². The molecule has 2 aromatic carbocycles. The zero-order valence-electron chi connectivity index (χ0n) is 14.2. The van der Waals surface area contributed by atoms with Crippen molar-refractivity contribution < 1.29 is 19.4 Å². The lowest BCUT2D eigenvalue weighted by Crippen LogP contribution is -2.16. The third kappa shape index (κ3) is 3.93. The molecule has 0 unspecified atom stereocenters. The minimum Gasteiger partial charge on any atom is -0.489 e. The summed E-state index contributed by atoms with van der Waals surface area (Å²) >= 11 is 0. The van der Waals surface area contributed by atoms with Crippen molar-refractivity contribution in [3.8, 4) is 5.75 Å². The molecule has 0 spiro atoms. The van der Waals surface area contributed by atoms with Crippen LogP contribution in [0.1, 0.15) is 45.7 Å². The van der Waals surface area contributed by atoms with E-state index in [0.717, 1.165) is 11.1 Å². The maximum atomic E-state index is 12.6. The number of hydrogen-bond acceptors (Lipinski definition) is 3. The molecule has 0 aliphatic carbocycles. The second-order valence-corrected chi connectivity index (χ2v) is 5.88. The van der Waals surface area contributed by atoms with Crippen molar-refractivity contribution >= 4 is 17.6 Å². The van der Waals surface area contributed by atoms with E-state index >= 15 is 0 Å². The van der Waals surface area contributed by atoms with Gasteiger partial charge in [-0.3, -0.25) is 4.79 Å². The first-order valence-electron chi connectivity index (χ1n) is 7.71. The fourth-order valence-electron chi connectivity index (χ4n) is 2.30. The predicted molar refractivity (Wildman–Crippen MR) is 93.0 cm³/mol. The Balaban J connectivity index is 2.39. The molecule has 0 aliphatic heterocycles. The van der Waals surface area contributed by atoms with E-state index in [2.05, 4.69) is 5.32 Å². The van der Waals surface area contributed by atoms with Crippen molar-refractivity contribution in [2.24, 2.45) is 0 Å². The van der Waals surface area contributed by atoms with Gasteiger partial charge in [-0.05, 0) is 63.1 Å². The summed E-state index contributed by atoms with van der Waals surface area (Å²) in [6, 6.07) is 9.90. The fourth-order valence-corrected chi connectivity index (χ4v) is 2.30. The summed E-state index contributed by atoms with van der Waals surface area (Å²) in [6.45, 7) is 7.54. The van der Waals surface area contributed by atoms with E-state index in [1.54, 1.807) is 12.1 Å². The van der Waals surface area contributed by atoms with E-state index in [1.807, 2.05) is 39.8 Å². The number of aromatic carboxylic acids is 1. The highest BCUT2D eigenvalue weighted by molar-refractivity contribution is 6.06. The van der Waals surface area contributed by atoms with Crippen LogP contribution in [-0.4, -0.2) is 23.1 Å². The van der Waals surface area contributed by atoms with Crippen LogP contribution in [0.3, 0.4) is 0 Å². The molecule has 0 aromatic heterocycles. The van der Waals surface area contributed by atoms with Gasteiger partial charge in [0.05, 0.1) is 17.4 Å². The lowest BCUT2D eigenvalue weighted by Gasteiger charge is -2.16. The monoisotopic (exact) mass is 327 g/mol. The van der Waals surface area contributed by atoms with Gasteiger partial charge >= 0.3 is 5.97 Å². The Hall–Kier alpha value is -2.82. The van der Waals surface area contributed by atoms with Crippen LogP contribution in [-0.2, 0) is 0 Å². The van der Waals surface area contributed by atoms with Gasteiger partial charge in [-0.1, -0.05) is 12.1 Å². The minimum atomic E-state index is -1.06. The van der Waals surface area contributed by atoms with Crippen molar-refractivity contribution in [2.45, 2.75) is 33.8 Å². The summed E-state index contributed by atoms with van der Waals surface area (Å²) in [4.78, 5) is 23.8. The first kappa shape index (κ1) is 17.5. The van der Waals surface area contributed by atoms with Crippen molar-refractivity contribution in [1.82, 2.24) is 0 Å². The molecule has 2 rings (SSSR count). The molecule has 1 amide bonds. The molecule has 0 bridgehead atoms. The van der Waals surface area contributed by atoms with Crippen LogP contribution in [0.2, 0.25) is 0 Å². The van der Waals surface area contributed by atoms with Crippen molar-refractivity contribution in [1.29, 1.82) is 0 Å². The number of anilines is 1. The average Bonchev–Trinajstić information content (AvgIpc) is 2.50. The molecule has 24 heavy (non-hydrogen) atoms. The molecule has 0 fully saturated rings. The van der Waals surface area contributed by atoms with E-state index in [-0.39, 0.29) is 17.6 Å². The van der Waals surface area contributed by atoms with Crippen molar-refractivity contribution in [2.75, 3.05) is 5.32 Å². The SMILES string of the molecule is Cc1cccc(C(=O)Nc2cc(C(=O)O)ccc2OC(C)C)c1C. The van der Waals surface area contributed by atoms with Gasteiger partial charge in [0, 0.05) is 5.56 Å². The molecule has 0 heterocycles.